The van der Waals surface area contributed by atoms with Crippen LogP contribution in [0.5, 0.6) is 0 Å². The Kier molecular flexibility index (Phi) is 8.63. The van der Waals surface area contributed by atoms with Gasteiger partial charge in [-0.2, -0.15) is 0 Å². The Labute approximate surface area is 160 Å². The number of benzene rings is 2. The van der Waals surface area contributed by atoms with Crippen LogP contribution in [0.2, 0.25) is 0 Å². The van der Waals surface area contributed by atoms with Crippen molar-refractivity contribution in [2.24, 2.45) is 0 Å². The summed E-state index contributed by atoms with van der Waals surface area (Å²) in [5, 5.41) is 10.3. The summed E-state index contributed by atoms with van der Waals surface area (Å²) in [5.41, 5.74) is 3.82. The molecule has 1 aromatic heterocycles. The minimum Gasteiger partial charge on any atom is -0.384 e. The van der Waals surface area contributed by atoms with Crippen LogP contribution in [0, 0.1) is 0 Å². The van der Waals surface area contributed by atoms with Gasteiger partial charge in [0, 0.05) is 18.0 Å². The first kappa shape index (κ1) is 20.2. The number of ether oxygens (including phenoxy) is 1. The smallest absolute Gasteiger partial charge is 0.115 e. The summed E-state index contributed by atoms with van der Waals surface area (Å²) in [4.78, 5) is 7.85. The standard InChI is InChI=1S/C17H14N2O.C6H10O/c20-17(16-10-18-12-19-11-16)15-8-6-14(7-9-15)13-4-2-1-3-5-13;1-3-5-7-6-4-2/h1-12,17,20H;3-4H,1-2,5-6H2. The quantitative estimate of drug-likeness (QED) is 0.494. The second-order valence-corrected chi connectivity index (χ2v) is 5.68. The number of rotatable bonds is 7. The van der Waals surface area contributed by atoms with Crippen molar-refractivity contribution in [1.82, 2.24) is 9.97 Å². The molecular formula is C23H24N2O2. The molecule has 0 aliphatic carbocycles. The second-order valence-electron chi connectivity index (χ2n) is 5.68. The second kappa shape index (κ2) is 11.5. The van der Waals surface area contributed by atoms with Gasteiger partial charge in [-0.05, 0) is 16.7 Å². The summed E-state index contributed by atoms with van der Waals surface area (Å²) in [6.45, 7) is 8.18. The van der Waals surface area contributed by atoms with Gasteiger partial charge in [-0.25, -0.2) is 9.97 Å². The largest absolute Gasteiger partial charge is 0.384 e. The van der Waals surface area contributed by atoms with Crippen LogP contribution in [0.4, 0.5) is 0 Å². The molecule has 0 bridgehead atoms. The third-order valence-corrected chi connectivity index (χ3v) is 3.70. The van der Waals surface area contributed by atoms with Gasteiger partial charge in [-0.15, -0.1) is 13.2 Å². The van der Waals surface area contributed by atoms with E-state index in [4.69, 9.17) is 4.74 Å². The van der Waals surface area contributed by atoms with E-state index in [0.717, 1.165) is 16.7 Å². The van der Waals surface area contributed by atoms with Crippen LogP contribution >= 0.6 is 0 Å². The molecule has 0 aliphatic heterocycles. The molecule has 138 valence electrons. The Hall–Kier alpha value is -3.08. The summed E-state index contributed by atoms with van der Waals surface area (Å²) in [5.74, 6) is 0. The fourth-order valence-corrected chi connectivity index (χ4v) is 2.37. The molecule has 1 unspecified atom stereocenters. The molecule has 4 nitrogen and oxygen atoms in total. The number of nitrogens with zero attached hydrogens (tertiary/aromatic N) is 2. The van der Waals surface area contributed by atoms with Gasteiger partial charge in [-0.1, -0.05) is 66.7 Å². The number of hydrogen-bond acceptors (Lipinski definition) is 4. The lowest BCUT2D eigenvalue weighted by Gasteiger charge is -2.11. The van der Waals surface area contributed by atoms with Gasteiger partial charge in [0.25, 0.3) is 0 Å². The lowest BCUT2D eigenvalue weighted by Crippen LogP contribution is -2.00. The molecule has 1 N–H and O–H groups in total. The van der Waals surface area contributed by atoms with Gasteiger partial charge in [0.1, 0.15) is 12.4 Å². The first-order valence-corrected chi connectivity index (χ1v) is 8.64. The summed E-state index contributed by atoms with van der Waals surface area (Å²) >= 11 is 0. The van der Waals surface area contributed by atoms with Crippen molar-refractivity contribution >= 4 is 0 Å². The molecule has 3 aromatic rings. The van der Waals surface area contributed by atoms with Gasteiger partial charge in [0.2, 0.25) is 0 Å². The highest BCUT2D eigenvalue weighted by Gasteiger charge is 2.10. The van der Waals surface area contributed by atoms with Gasteiger partial charge in [0.15, 0.2) is 0 Å². The third kappa shape index (κ3) is 6.62. The van der Waals surface area contributed by atoms with E-state index < -0.39 is 6.10 Å². The van der Waals surface area contributed by atoms with Gasteiger partial charge in [0.05, 0.1) is 13.2 Å². The van der Waals surface area contributed by atoms with Gasteiger partial charge in [-0.3, -0.25) is 0 Å². The molecule has 2 aromatic carbocycles. The van der Waals surface area contributed by atoms with E-state index >= 15 is 0 Å². The number of aliphatic hydroxyl groups excluding tert-OH is 1. The number of aliphatic hydroxyl groups is 1. The molecule has 1 heterocycles. The molecule has 4 heteroatoms. The third-order valence-electron chi connectivity index (χ3n) is 3.70. The summed E-state index contributed by atoms with van der Waals surface area (Å²) in [6.07, 6.45) is 7.44. The van der Waals surface area contributed by atoms with Crippen molar-refractivity contribution in [3.8, 4) is 11.1 Å². The summed E-state index contributed by atoms with van der Waals surface area (Å²) in [7, 11) is 0. The van der Waals surface area contributed by atoms with Crippen molar-refractivity contribution in [3.63, 3.8) is 0 Å². The number of aromatic nitrogens is 2. The van der Waals surface area contributed by atoms with Crippen molar-refractivity contribution in [2.75, 3.05) is 13.2 Å². The van der Waals surface area contributed by atoms with Crippen LogP contribution < -0.4 is 0 Å². The van der Waals surface area contributed by atoms with Crippen molar-refractivity contribution in [1.29, 1.82) is 0 Å². The Morgan fingerprint density at radius 3 is 1.93 bits per heavy atom. The zero-order chi connectivity index (χ0) is 19.3. The zero-order valence-corrected chi connectivity index (χ0v) is 15.2. The maximum atomic E-state index is 10.3. The fraction of sp³-hybridized carbons (Fsp3) is 0.130. The van der Waals surface area contributed by atoms with Crippen LogP contribution in [-0.2, 0) is 4.74 Å². The minimum absolute atomic E-state index is 0.617. The first-order valence-electron chi connectivity index (χ1n) is 8.64. The Balaban J connectivity index is 0.000000321. The summed E-state index contributed by atoms with van der Waals surface area (Å²) < 4.78 is 4.90. The lowest BCUT2D eigenvalue weighted by atomic mass is 10.00. The normalized spacial score (nSPS) is 11.0. The maximum absolute atomic E-state index is 10.3. The molecular weight excluding hydrogens is 336 g/mol. The highest BCUT2D eigenvalue weighted by atomic mass is 16.5. The van der Waals surface area contributed by atoms with Crippen LogP contribution in [0.3, 0.4) is 0 Å². The highest BCUT2D eigenvalue weighted by Crippen LogP contribution is 2.24. The molecule has 0 fully saturated rings. The number of hydrogen-bond donors (Lipinski definition) is 1. The van der Waals surface area contributed by atoms with Crippen LogP contribution in [0.15, 0.2) is 98.6 Å². The predicted molar refractivity (Wildman–Crippen MR) is 109 cm³/mol. The first-order chi connectivity index (χ1) is 13.3. The lowest BCUT2D eigenvalue weighted by molar-refractivity contribution is 0.194. The van der Waals surface area contributed by atoms with Crippen molar-refractivity contribution in [2.45, 2.75) is 6.10 Å². The maximum Gasteiger partial charge on any atom is 0.115 e. The Morgan fingerprint density at radius 1 is 0.815 bits per heavy atom. The average molecular weight is 360 g/mol. The molecule has 0 spiro atoms. The molecule has 0 saturated carbocycles. The average Bonchev–Trinajstić information content (AvgIpc) is 2.75. The molecule has 27 heavy (non-hydrogen) atoms. The van der Waals surface area contributed by atoms with Gasteiger partial charge >= 0.3 is 0 Å². The molecule has 0 radical (unpaired) electrons. The zero-order valence-electron chi connectivity index (χ0n) is 15.2. The summed E-state index contributed by atoms with van der Waals surface area (Å²) in [6, 6.07) is 18.0. The Bertz CT molecular complexity index is 795. The molecule has 3 rings (SSSR count). The van der Waals surface area contributed by atoms with E-state index in [1.165, 1.54) is 6.33 Å². The monoisotopic (exact) mass is 360 g/mol. The molecule has 0 saturated heterocycles. The van der Waals surface area contributed by atoms with E-state index in [9.17, 15) is 5.11 Å². The molecule has 1 atom stereocenters. The van der Waals surface area contributed by atoms with Crippen LogP contribution in [0.25, 0.3) is 11.1 Å². The van der Waals surface area contributed by atoms with E-state index in [0.29, 0.717) is 18.8 Å². The highest BCUT2D eigenvalue weighted by molar-refractivity contribution is 5.63. The topological polar surface area (TPSA) is 55.2 Å². The predicted octanol–water partition coefficient (Wildman–Crippen LogP) is 4.60. The van der Waals surface area contributed by atoms with Crippen molar-refractivity contribution in [3.05, 3.63) is 110 Å². The molecule has 0 amide bonds. The van der Waals surface area contributed by atoms with Crippen LogP contribution in [-0.4, -0.2) is 28.3 Å². The van der Waals surface area contributed by atoms with E-state index in [-0.39, 0.29) is 0 Å². The molecule has 0 aliphatic rings. The van der Waals surface area contributed by atoms with E-state index in [1.807, 2.05) is 42.5 Å². The fourth-order valence-electron chi connectivity index (χ4n) is 2.37. The minimum atomic E-state index is -0.693. The van der Waals surface area contributed by atoms with Crippen LogP contribution in [0.1, 0.15) is 17.2 Å². The SMILES string of the molecule is C=CCOCC=C.OC(c1ccc(-c2ccccc2)cc1)c1cncnc1. The van der Waals surface area contributed by atoms with E-state index in [2.05, 4.69) is 35.3 Å². The van der Waals surface area contributed by atoms with Gasteiger partial charge < -0.3 is 9.84 Å². The Morgan fingerprint density at radius 2 is 1.37 bits per heavy atom. The van der Waals surface area contributed by atoms with E-state index in [1.54, 1.807) is 24.5 Å². The van der Waals surface area contributed by atoms with Crippen molar-refractivity contribution < 1.29 is 9.84 Å².